The van der Waals surface area contributed by atoms with Crippen LogP contribution < -0.4 is 0 Å². The molecule has 2 rings (SSSR count). The van der Waals surface area contributed by atoms with Gasteiger partial charge in [0.15, 0.2) is 5.69 Å². The van der Waals surface area contributed by atoms with Gasteiger partial charge in [0.2, 0.25) is 0 Å². The van der Waals surface area contributed by atoms with Crippen molar-refractivity contribution in [3.63, 3.8) is 0 Å². The zero-order valence-corrected chi connectivity index (χ0v) is 11.1. The van der Waals surface area contributed by atoms with Gasteiger partial charge >= 0.3 is 5.69 Å². The van der Waals surface area contributed by atoms with Crippen LogP contribution in [-0.2, 0) is 7.05 Å². The van der Waals surface area contributed by atoms with Crippen LogP contribution in [0.2, 0.25) is 0 Å². The summed E-state index contributed by atoms with van der Waals surface area (Å²) in [4.78, 5) is 22.1. The second-order valence-electron chi connectivity index (χ2n) is 3.61. The van der Waals surface area contributed by atoms with Crippen molar-refractivity contribution in [2.75, 3.05) is 0 Å². The highest BCUT2D eigenvalue weighted by atomic mass is 79.9. The third kappa shape index (κ3) is 2.04. The Hall–Kier alpha value is -2.03. The first-order chi connectivity index (χ1) is 8.40. The molecule has 0 saturated carbocycles. The van der Waals surface area contributed by atoms with Crippen LogP contribution in [0.15, 0.2) is 16.9 Å². The van der Waals surface area contributed by atoms with Crippen LogP contribution in [-0.4, -0.2) is 30.4 Å². The van der Waals surface area contributed by atoms with E-state index in [9.17, 15) is 14.9 Å². The number of rotatable bonds is 2. The van der Waals surface area contributed by atoms with Gasteiger partial charge < -0.3 is 0 Å². The van der Waals surface area contributed by atoms with E-state index in [1.807, 2.05) is 0 Å². The van der Waals surface area contributed by atoms with Gasteiger partial charge in [0.25, 0.3) is 5.91 Å². The van der Waals surface area contributed by atoms with E-state index in [2.05, 4.69) is 26.1 Å². The maximum absolute atomic E-state index is 12.0. The van der Waals surface area contributed by atoms with Crippen LogP contribution in [0.1, 0.15) is 16.2 Å². The van der Waals surface area contributed by atoms with Crippen molar-refractivity contribution in [1.29, 1.82) is 0 Å². The number of nitrogens with zero attached hydrogens (tertiary/aromatic N) is 5. The van der Waals surface area contributed by atoms with Crippen molar-refractivity contribution in [1.82, 2.24) is 19.6 Å². The largest absolute Gasteiger partial charge is 0.310 e. The number of nitro groups is 1. The lowest BCUT2D eigenvalue weighted by molar-refractivity contribution is -0.385. The molecule has 0 atom stereocenters. The summed E-state index contributed by atoms with van der Waals surface area (Å²) < 4.78 is 2.88. The van der Waals surface area contributed by atoms with E-state index < -0.39 is 10.8 Å². The standard InChI is InChI=1S/C9H8BrN5O3/c1-5-7(15(17)18)4-14(11-5)9(16)8-6(10)3-13(2)12-8/h3-4H,1-2H3. The molecule has 8 nitrogen and oxygen atoms in total. The van der Waals surface area contributed by atoms with Gasteiger partial charge in [-0.2, -0.15) is 14.9 Å². The van der Waals surface area contributed by atoms with Crippen LogP contribution in [0, 0.1) is 17.0 Å². The maximum Gasteiger partial charge on any atom is 0.310 e. The number of aryl methyl sites for hydroxylation is 2. The molecule has 0 aromatic carbocycles. The summed E-state index contributed by atoms with van der Waals surface area (Å²) in [6.07, 6.45) is 2.69. The zero-order valence-electron chi connectivity index (χ0n) is 9.49. The minimum Gasteiger partial charge on any atom is -0.274 e. The molecule has 0 N–H and O–H groups in total. The molecule has 0 fully saturated rings. The van der Waals surface area contributed by atoms with Gasteiger partial charge in [-0.15, -0.1) is 0 Å². The van der Waals surface area contributed by atoms with E-state index in [4.69, 9.17) is 0 Å². The van der Waals surface area contributed by atoms with Crippen molar-refractivity contribution in [2.24, 2.45) is 7.05 Å². The molecule has 2 aromatic rings. The number of hydrogen-bond acceptors (Lipinski definition) is 5. The van der Waals surface area contributed by atoms with Crippen molar-refractivity contribution < 1.29 is 9.72 Å². The molecule has 0 spiro atoms. The molecular weight excluding hydrogens is 306 g/mol. The predicted molar refractivity (Wildman–Crippen MR) is 64.3 cm³/mol. The predicted octanol–water partition coefficient (Wildman–Crippen LogP) is 1.28. The van der Waals surface area contributed by atoms with Gasteiger partial charge in [0.05, 0.1) is 9.40 Å². The molecule has 94 valence electrons. The Bertz CT molecular complexity index is 645. The average molecular weight is 314 g/mol. The normalized spacial score (nSPS) is 10.6. The van der Waals surface area contributed by atoms with Crippen molar-refractivity contribution in [3.8, 4) is 0 Å². The molecule has 0 radical (unpaired) electrons. The molecule has 0 bridgehead atoms. The van der Waals surface area contributed by atoms with Crippen LogP contribution in [0.25, 0.3) is 0 Å². The minimum atomic E-state index is -0.584. The molecule has 2 aromatic heterocycles. The summed E-state index contributed by atoms with van der Waals surface area (Å²) in [5, 5.41) is 18.5. The fraction of sp³-hybridized carbons (Fsp3) is 0.222. The summed E-state index contributed by atoms with van der Waals surface area (Å²) in [5.41, 5.74) is 0.130. The van der Waals surface area contributed by atoms with Crippen LogP contribution in [0.3, 0.4) is 0 Å². The lowest BCUT2D eigenvalue weighted by Crippen LogP contribution is -2.14. The Morgan fingerprint density at radius 3 is 2.56 bits per heavy atom. The van der Waals surface area contributed by atoms with Crippen molar-refractivity contribution in [3.05, 3.63) is 38.4 Å². The van der Waals surface area contributed by atoms with Gasteiger partial charge in [0.1, 0.15) is 11.9 Å². The molecule has 0 amide bonds. The number of carbonyl (C=O) groups is 1. The molecule has 9 heteroatoms. The Kier molecular flexibility index (Phi) is 2.99. The van der Waals surface area contributed by atoms with Crippen molar-refractivity contribution >= 4 is 27.5 Å². The molecular formula is C9H8BrN5O3. The summed E-state index contributed by atoms with van der Waals surface area (Å²) in [6, 6.07) is 0. The third-order valence-corrected chi connectivity index (χ3v) is 2.84. The fourth-order valence-electron chi connectivity index (χ4n) is 1.45. The smallest absolute Gasteiger partial charge is 0.274 e. The average Bonchev–Trinajstić information content (AvgIpc) is 2.81. The van der Waals surface area contributed by atoms with Crippen molar-refractivity contribution in [2.45, 2.75) is 6.92 Å². The summed E-state index contributed by atoms with van der Waals surface area (Å²) >= 11 is 3.19. The lowest BCUT2D eigenvalue weighted by Gasteiger charge is -1.95. The molecule has 0 saturated heterocycles. The van der Waals surface area contributed by atoms with Crippen LogP contribution in [0.4, 0.5) is 5.69 Å². The van der Waals surface area contributed by atoms with Crippen LogP contribution in [0.5, 0.6) is 0 Å². The Labute approximate surface area is 109 Å². The summed E-state index contributed by atoms with van der Waals surface area (Å²) in [5.74, 6) is -0.529. The number of hydrogen-bond donors (Lipinski definition) is 0. The molecule has 0 aliphatic rings. The fourth-order valence-corrected chi connectivity index (χ4v) is 1.99. The van der Waals surface area contributed by atoms with Gasteiger partial charge in [-0.05, 0) is 22.9 Å². The van der Waals surface area contributed by atoms with Gasteiger partial charge in [-0.1, -0.05) is 0 Å². The highest BCUT2D eigenvalue weighted by molar-refractivity contribution is 9.10. The molecule has 18 heavy (non-hydrogen) atoms. The van der Waals surface area contributed by atoms with Gasteiger partial charge in [-0.3, -0.25) is 19.6 Å². The lowest BCUT2D eigenvalue weighted by atomic mass is 10.4. The first-order valence-electron chi connectivity index (χ1n) is 4.84. The molecule has 0 unspecified atom stereocenters. The molecule has 2 heterocycles. The Balaban J connectivity index is 2.43. The first-order valence-corrected chi connectivity index (χ1v) is 5.64. The third-order valence-electron chi connectivity index (χ3n) is 2.26. The second-order valence-corrected chi connectivity index (χ2v) is 4.46. The monoisotopic (exact) mass is 313 g/mol. The second kappa shape index (κ2) is 4.33. The van der Waals surface area contributed by atoms with E-state index in [0.717, 1.165) is 10.9 Å². The van der Waals surface area contributed by atoms with Gasteiger partial charge in [-0.25, -0.2) is 0 Å². The number of halogens is 1. The topological polar surface area (TPSA) is 95.8 Å². The summed E-state index contributed by atoms with van der Waals surface area (Å²) in [6.45, 7) is 1.47. The van der Waals surface area contributed by atoms with E-state index in [1.165, 1.54) is 11.6 Å². The van der Waals surface area contributed by atoms with Gasteiger partial charge in [0, 0.05) is 13.2 Å². The van der Waals surface area contributed by atoms with E-state index in [0.29, 0.717) is 4.47 Å². The zero-order chi connectivity index (χ0) is 13.4. The van der Waals surface area contributed by atoms with E-state index in [1.54, 1.807) is 13.2 Å². The number of carbonyl (C=O) groups excluding carboxylic acids is 1. The first kappa shape index (κ1) is 12.4. The molecule has 0 aliphatic carbocycles. The van der Waals surface area contributed by atoms with E-state index in [-0.39, 0.29) is 17.1 Å². The highest BCUT2D eigenvalue weighted by Gasteiger charge is 2.22. The van der Waals surface area contributed by atoms with E-state index >= 15 is 0 Å². The molecule has 0 aliphatic heterocycles. The van der Waals surface area contributed by atoms with Crippen LogP contribution >= 0.6 is 15.9 Å². The quantitative estimate of drug-likeness (QED) is 0.614. The number of aromatic nitrogens is 4. The minimum absolute atomic E-state index is 0.148. The SMILES string of the molecule is Cc1nn(C(=O)c2nn(C)cc2Br)cc1[N+](=O)[O-]. The summed E-state index contributed by atoms with van der Waals surface area (Å²) in [7, 11) is 1.67. The highest BCUT2D eigenvalue weighted by Crippen LogP contribution is 2.19. The Morgan fingerprint density at radius 1 is 1.44 bits per heavy atom. The maximum atomic E-state index is 12.0. The Morgan fingerprint density at radius 2 is 2.11 bits per heavy atom.